The summed E-state index contributed by atoms with van der Waals surface area (Å²) in [6, 6.07) is 15.6. The first-order valence-electron chi connectivity index (χ1n) is 6.57. The minimum Gasteiger partial charge on any atom is -0.270 e. The molecule has 22 heavy (non-hydrogen) atoms. The highest BCUT2D eigenvalue weighted by atomic mass is 32.2. The Morgan fingerprint density at radius 3 is 1.41 bits per heavy atom. The Morgan fingerprint density at radius 1 is 0.727 bits per heavy atom. The summed E-state index contributed by atoms with van der Waals surface area (Å²) in [7, 11) is 0. The fourth-order valence-corrected chi connectivity index (χ4v) is 2.45. The minimum atomic E-state index is -0.372. The maximum absolute atomic E-state index is 11.7. The second-order valence-electron chi connectivity index (χ2n) is 4.29. The van der Waals surface area contributed by atoms with Gasteiger partial charge in [-0.2, -0.15) is 0 Å². The normalized spacial score (nSPS) is 9.18. The van der Waals surface area contributed by atoms with E-state index in [1.807, 2.05) is 61.0 Å². The van der Waals surface area contributed by atoms with Crippen LogP contribution >= 0.6 is 23.5 Å². The molecule has 0 aromatic heterocycles. The van der Waals surface area contributed by atoms with Crippen LogP contribution in [0.25, 0.3) is 0 Å². The molecule has 0 saturated carbocycles. The second kappa shape index (κ2) is 8.39. The number of carbonyl (C=O) groups excluding carboxylic acids is 1. The maximum atomic E-state index is 11.7. The molecule has 0 heterocycles. The fraction of sp³-hybridized carbons (Fsp3) is 0.105. The van der Waals surface area contributed by atoms with Crippen molar-refractivity contribution in [1.29, 1.82) is 0 Å². The monoisotopic (exact) mass is 322 g/mol. The van der Waals surface area contributed by atoms with Gasteiger partial charge in [0.2, 0.25) is 0 Å². The summed E-state index contributed by atoms with van der Waals surface area (Å²) in [6.07, 6.45) is 4.04. The average Bonchev–Trinajstić information content (AvgIpc) is 2.59. The van der Waals surface area contributed by atoms with Crippen molar-refractivity contribution in [2.24, 2.45) is 0 Å². The maximum Gasteiger partial charge on any atom is 0.279 e. The molecule has 3 heteroatoms. The summed E-state index contributed by atoms with van der Waals surface area (Å²) in [5.74, 6) is 10.4. The van der Waals surface area contributed by atoms with E-state index >= 15 is 0 Å². The summed E-state index contributed by atoms with van der Waals surface area (Å²) < 4.78 is 0. The molecule has 0 aliphatic carbocycles. The third-order valence-electron chi connectivity index (χ3n) is 2.82. The quantitative estimate of drug-likeness (QED) is 0.612. The number of rotatable bonds is 2. The molecule has 0 fully saturated rings. The van der Waals surface area contributed by atoms with Crippen molar-refractivity contribution >= 4 is 29.3 Å². The molecule has 0 spiro atoms. The molecule has 0 N–H and O–H groups in total. The standard InChI is InChI=1S/C19H14OS2/c1-21-18-11-5-15(6-12-18)3-9-17(20)10-4-16-7-13-19(22-2)14-8-16/h5-8,11-14H,1-2H3. The predicted molar refractivity (Wildman–Crippen MR) is 95.2 cm³/mol. The van der Waals surface area contributed by atoms with Crippen molar-refractivity contribution in [1.82, 2.24) is 0 Å². The molecule has 0 radical (unpaired) electrons. The lowest BCUT2D eigenvalue weighted by atomic mass is 10.2. The minimum absolute atomic E-state index is 0.372. The van der Waals surface area contributed by atoms with Gasteiger partial charge in [-0.1, -0.05) is 11.8 Å². The number of hydrogen-bond acceptors (Lipinski definition) is 3. The molecule has 2 rings (SSSR count). The molecule has 2 aromatic rings. The summed E-state index contributed by atoms with van der Waals surface area (Å²) >= 11 is 3.34. The lowest BCUT2D eigenvalue weighted by Gasteiger charge is -1.94. The van der Waals surface area contributed by atoms with Gasteiger partial charge in [0.1, 0.15) is 0 Å². The second-order valence-corrected chi connectivity index (χ2v) is 6.05. The Labute approximate surface area is 139 Å². The van der Waals surface area contributed by atoms with Gasteiger partial charge in [-0.05, 0) is 72.9 Å². The van der Waals surface area contributed by atoms with Gasteiger partial charge >= 0.3 is 0 Å². The van der Waals surface area contributed by atoms with E-state index in [2.05, 4.69) is 23.7 Å². The summed E-state index contributed by atoms with van der Waals surface area (Å²) in [6.45, 7) is 0. The number of hydrogen-bond donors (Lipinski definition) is 0. The van der Waals surface area contributed by atoms with Crippen molar-refractivity contribution in [3.63, 3.8) is 0 Å². The largest absolute Gasteiger partial charge is 0.279 e. The Bertz CT molecular complexity index is 699. The smallest absolute Gasteiger partial charge is 0.270 e. The zero-order valence-electron chi connectivity index (χ0n) is 12.3. The van der Waals surface area contributed by atoms with E-state index in [0.29, 0.717) is 0 Å². The number of thioether (sulfide) groups is 2. The fourth-order valence-electron chi connectivity index (χ4n) is 1.64. The van der Waals surface area contributed by atoms with E-state index in [1.165, 1.54) is 9.79 Å². The first kappa shape index (κ1) is 16.3. The zero-order valence-corrected chi connectivity index (χ0v) is 14.0. The number of ketones is 1. The van der Waals surface area contributed by atoms with Gasteiger partial charge in [0.25, 0.3) is 5.78 Å². The van der Waals surface area contributed by atoms with Gasteiger partial charge in [0, 0.05) is 20.9 Å². The molecule has 1 nitrogen and oxygen atoms in total. The summed E-state index contributed by atoms with van der Waals surface area (Å²) in [4.78, 5) is 14.0. The van der Waals surface area contributed by atoms with Crippen LogP contribution in [-0.2, 0) is 4.79 Å². The molecular weight excluding hydrogens is 308 g/mol. The number of benzene rings is 2. The van der Waals surface area contributed by atoms with E-state index in [-0.39, 0.29) is 5.78 Å². The molecule has 0 amide bonds. The van der Waals surface area contributed by atoms with Gasteiger partial charge in [-0.15, -0.1) is 23.5 Å². The van der Waals surface area contributed by atoms with Crippen LogP contribution in [0.4, 0.5) is 0 Å². The molecule has 0 aliphatic rings. The van der Waals surface area contributed by atoms with Crippen molar-refractivity contribution in [2.75, 3.05) is 12.5 Å². The Morgan fingerprint density at radius 2 is 1.09 bits per heavy atom. The molecule has 0 aliphatic heterocycles. The van der Waals surface area contributed by atoms with Crippen LogP contribution in [0.15, 0.2) is 58.3 Å². The Kier molecular flexibility index (Phi) is 6.22. The topological polar surface area (TPSA) is 17.1 Å². The van der Waals surface area contributed by atoms with Gasteiger partial charge in [0.15, 0.2) is 0 Å². The van der Waals surface area contributed by atoms with Crippen molar-refractivity contribution < 1.29 is 4.79 Å². The molecule has 108 valence electrons. The number of Topliss-reactive ketones (excluding diaryl/α,β-unsaturated/α-hetero) is 1. The Balaban J connectivity index is 2.03. The van der Waals surface area contributed by atoms with Crippen LogP contribution < -0.4 is 0 Å². The first-order chi connectivity index (χ1) is 10.7. The third kappa shape index (κ3) is 5.04. The van der Waals surface area contributed by atoms with Gasteiger partial charge < -0.3 is 0 Å². The van der Waals surface area contributed by atoms with E-state index in [1.54, 1.807) is 23.5 Å². The molecule has 0 bridgehead atoms. The van der Waals surface area contributed by atoms with Crippen molar-refractivity contribution in [3.05, 3.63) is 59.7 Å². The van der Waals surface area contributed by atoms with Crippen LogP contribution in [0.5, 0.6) is 0 Å². The lowest BCUT2D eigenvalue weighted by Crippen LogP contribution is -1.87. The van der Waals surface area contributed by atoms with Crippen LogP contribution in [0, 0.1) is 23.7 Å². The Hall–Kier alpha value is -2.07. The zero-order chi connectivity index (χ0) is 15.8. The average molecular weight is 322 g/mol. The highest BCUT2D eigenvalue weighted by Crippen LogP contribution is 2.14. The SMILES string of the molecule is CSc1ccc(C#CC(=O)C#Cc2ccc(SC)cc2)cc1. The lowest BCUT2D eigenvalue weighted by molar-refractivity contribution is -0.108. The van der Waals surface area contributed by atoms with Crippen LogP contribution in [-0.4, -0.2) is 18.3 Å². The molecule has 0 atom stereocenters. The van der Waals surface area contributed by atoms with E-state index in [4.69, 9.17) is 0 Å². The molecule has 0 unspecified atom stereocenters. The van der Waals surface area contributed by atoms with Crippen LogP contribution in [0.3, 0.4) is 0 Å². The van der Waals surface area contributed by atoms with E-state index < -0.39 is 0 Å². The third-order valence-corrected chi connectivity index (χ3v) is 4.31. The summed E-state index contributed by atoms with van der Waals surface area (Å²) in [5.41, 5.74) is 1.63. The van der Waals surface area contributed by atoms with E-state index in [0.717, 1.165) is 11.1 Å². The van der Waals surface area contributed by atoms with Gasteiger partial charge in [-0.25, -0.2) is 0 Å². The van der Waals surface area contributed by atoms with Gasteiger partial charge in [-0.3, -0.25) is 4.79 Å². The number of carbonyl (C=O) groups is 1. The van der Waals surface area contributed by atoms with Crippen LogP contribution in [0.2, 0.25) is 0 Å². The predicted octanol–water partition coefficient (Wildman–Crippen LogP) is 4.10. The van der Waals surface area contributed by atoms with Gasteiger partial charge in [0.05, 0.1) is 0 Å². The summed E-state index contributed by atoms with van der Waals surface area (Å²) in [5, 5.41) is 0. The van der Waals surface area contributed by atoms with Crippen LogP contribution in [0.1, 0.15) is 11.1 Å². The van der Waals surface area contributed by atoms with E-state index in [9.17, 15) is 4.79 Å². The first-order valence-corrected chi connectivity index (χ1v) is 9.02. The van der Waals surface area contributed by atoms with Crippen molar-refractivity contribution in [3.8, 4) is 23.7 Å². The molecular formula is C19H14OS2. The highest BCUT2D eigenvalue weighted by molar-refractivity contribution is 7.98. The highest BCUT2D eigenvalue weighted by Gasteiger charge is 1.93. The van der Waals surface area contributed by atoms with Crippen molar-refractivity contribution in [2.45, 2.75) is 9.79 Å². The molecule has 2 aromatic carbocycles. The molecule has 0 saturated heterocycles.